The van der Waals surface area contributed by atoms with E-state index in [1.165, 1.54) is 21.3 Å². The van der Waals surface area contributed by atoms with Crippen molar-refractivity contribution in [3.8, 4) is 17.2 Å². The summed E-state index contributed by atoms with van der Waals surface area (Å²) in [5.41, 5.74) is 0.919. The standard InChI is InChI=1S/C23H28ClNO7S/c1-30-19-13-16(14-20(31-2)21(19)32-3)22(26)25-11-10-23(15-25,9-4-12-33(27,28)29)17-5-7-18(24)8-6-17/h5-8,13-14H,4,9-12,15H2,1-3H3,(H,27,28,29). The molecule has 1 fully saturated rings. The van der Waals surface area contributed by atoms with Crippen LogP contribution in [-0.4, -0.2) is 63.9 Å². The lowest BCUT2D eigenvalue weighted by molar-refractivity contribution is 0.0781. The third-order valence-electron chi connectivity index (χ3n) is 6.07. The van der Waals surface area contributed by atoms with Crippen LogP contribution in [0.5, 0.6) is 17.2 Å². The van der Waals surface area contributed by atoms with E-state index in [4.69, 9.17) is 30.4 Å². The van der Waals surface area contributed by atoms with Crippen LogP contribution in [0.2, 0.25) is 5.02 Å². The first-order valence-corrected chi connectivity index (χ1v) is 12.4. The Hall–Kier alpha value is -2.49. The largest absolute Gasteiger partial charge is 0.493 e. The van der Waals surface area contributed by atoms with Gasteiger partial charge < -0.3 is 19.1 Å². The molecule has 1 N–H and O–H groups in total. The lowest BCUT2D eigenvalue weighted by Crippen LogP contribution is -2.35. The van der Waals surface area contributed by atoms with E-state index in [0.29, 0.717) is 53.8 Å². The molecule has 1 unspecified atom stereocenters. The smallest absolute Gasteiger partial charge is 0.264 e. The summed E-state index contributed by atoms with van der Waals surface area (Å²) in [5, 5.41) is 0.593. The van der Waals surface area contributed by atoms with Crippen LogP contribution in [0.25, 0.3) is 0 Å². The Labute approximate surface area is 199 Å². The highest BCUT2D eigenvalue weighted by atomic mass is 35.5. The number of amides is 1. The second-order valence-corrected chi connectivity index (χ2v) is 10.1. The summed E-state index contributed by atoms with van der Waals surface area (Å²) in [5.74, 6) is 0.648. The minimum absolute atomic E-state index is 0.195. The van der Waals surface area contributed by atoms with E-state index in [1.54, 1.807) is 29.2 Å². The van der Waals surface area contributed by atoms with Crippen molar-refractivity contribution in [3.63, 3.8) is 0 Å². The molecular formula is C23H28ClNO7S. The van der Waals surface area contributed by atoms with Gasteiger partial charge in [0.25, 0.3) is 16.0 Å². The van der Waals surface area contributed by atoms with Crippen LogP contribution in [0.4, 0.5) is 0 Å². The predicted octanol–water partition coefficient (Wildman–Crippen LogP) is 3.82. The summed E-state index contributed by atoms with van der Waals surface area (Å²) in [6, 6.07) is 10.6. The highest BCUT2D eigenvalue weighted by Crippen LogP contribution is 2.42. The molecule has 1 atom stereocenters. The van der Waals surface area contributed by atoms with Gasteiger partial charge in [0.1, 0.15) is 0 Å². The summed E-state index contributed by atoms with van der Waals surface area (Å²) in [7, 11) is 0.404. The molecule has 180 valence electrons. The zero-order chi connectivity index (χ0) is 24.2. The average Bonchev–Trinajstić information content (AvgIpc) is 3.22. The summed E-state index contributed by atoms with van der Waals surface area (Å²) in [4.78, 5) is 15.1. The molecule has 0 radical (unpaired) electrons. The topological polar surface area (TPSA) is 102 Å². The zero-order valence-corrected chi connectivity index (χ0v) is 20.4. The Balaban J connectivity index is 1.90. The summed E-state index contributed by atoms with van der Waals surface area (Å²) < 4.78 is 47.8. The van der Waals surface area contributed by atoms with Crippen LogP contribution in [-0.2, 0) is 15.5 Å². The summed E-state index contributed by atoms with van der Waals surface area (Å²) in [6.45, 7) is 0.888. The van der Waals surface area contributed by atoms with Crippen LogP contribution < -0.4 is 14.2 Å². The molecule has 0 aromatic heterocycles. The molecule has 2 aromatic carbocycles. The molecule has 0 saturated carbocycles. The molecule has 33 heavy (non-hydrogen) atoms. The maximum Gasteiger partial charge on any atom is 0.264 e. The zero-order valence-electron chi connectivity index (χ0n) is 18.8. The molecular weight excluding hydrogens is 470 g/mol. The molecule has 1 aliphatic rings. The molecule has 10 heteroatoms. The SMILES string of the molecule is COc1cc(C(=O)N2CCC(CCCS(=O)(=O)O)(c3ccc(Cl)cc3)C2)cc(OC)c1OC. The van der Waals surface area contributed by atoms with E-state index < -0.39 is 15.5 Å². The molecule has 2 aromatic rings. The van der Waals surface area contributed by atoms with Crippen LogP contribution >= 0.6 is 11.6 Å². The second-order valence-electron chi connectivity index (χ2n) is 8.07. The van der Waals surface area contributed by atoms with Gasteiger partial charge in [0.15, 0.2) is 11.5 Å². The number of halogens is 1. The molecule has 1 aliphatic heterocycles. The lowest BCUT2D eigenvalue weighted by Gasteiger charge is -2.30. The minimum atomic E-state index is -4.07. The van der Waals surface area contributed by atoms with E-state index in [-0.39, 0.29) is 18.1 Å². The van der Waals surface area contributed by atoms with Gasteiger partial charge in [-0.2, -0.15) is 8.42 Å². The van der Waals surface area contributed by atoms with Crippen molar-refractivity contribution in [2.75, 3.05) is 40.2 Å². The van der Waals surface area contributed by atoms with E-state index in [1.807, 2.05) is 12.1 Å². The molecule has 1 heterocycles. The summed E-state index contributed by atoms with van der Waals surface area (Å²) in [6.07, 6.45) is 1.41. The normalized spacial score (nSPS) is 18.3. The minimum Gasteiger partial charge on any atom is -0.493 e. The van der Waals surface area contributed by atoms with Crippen LogP contribution in [0, 0.1) is 0 Å². The Kier molecular flexibility index (Phi) is 7.76. The molecule has 3 rings (SSSR count). The van der Waals surface area contributed by atoms with E-state index in [2.05, 4.69) is 0 Å². The molecule has 0 aliphatic carbocycles. The van der Waals surface area contributed by atoms with Gasteiger partial charge in [-0.3, -0.25) is 9.35 Å². The first-order chi connectivity index (χ1) is 15.6. The van der Waals surface area contributed by atoms with Crippen LogP contribution in [0.3, 0.4) is 0 Å². The number of ether oxygens (including phenoxy) is 3. The van der Waals surface area contributed by atoms with Crippen LogP contribution in [0.1, 0.15) is 35.2 Å². The fourth-order valence-electron chi connectivity index (χ4n) is 4.41. The van der Waals surface area contributed by atoms with E-state index in [9.17, 15) is 13.2 Å². The van der Waals surface area contributed by atoms with Crippen molar-refractivity contribution in [1.29, 1.82) is 0 Å². The van der Waals surface area contributed by atoms with Gasteiger partial charge in [0.05, 0.1) is 27.1 Å². The fourth-order valence-corrected chi connectivity index (χ4v) is 5.05. The number of nitrogens with zero attached hydrogens (tertiary/aromatic N) is 1. The van der Waals surface area contributed by atoms with Crippen molar-refractivity contribution < 1.29 is 32.0 Å². The highest BCUT2D eigenvalue weighted by molar-refractivity contribution is 7.85. The van der Waals surface area contributed by atoms with Crippen molar-refractivity contribution >= 4 is 27.6 Å². The number of likely N-dealkylation sites (tertiary alicyclic amines) is 1. The second kappa shape index (κ2) is 10.2. The van der Waals surface area contributed by atoms with Crippen molar-refractivity contribution in [2.24, 2.45) is 0 Å². The average molecular weight is 498 g/mol. The molecule has 1 amide bonds. The third kappa shape index (κ3) is 5.72. The van der Waals surface area contributed by atoms with Crippen LogP contribution in [0.15, 0.2) is 36.4 Å². The van der Waals surface area contributed by atoms with E-state index in [0.717, 1.165) is 5.56 Å². The maximum absolute atomic E-state index is 13.4. The molecule has 1 saturated heterocycles. The third-order valence-corrected chi connectivity index (χ3v) is 7.12. The molecule has 0 spiro atoms. The van der Waals surface area contributed by atoms with Gasteiger partial charge in [-0.1, -0.05) is 23.7 Å². The molecule has 8 nitrogen and oxygen atoms in total. The van der Waals surface area contributed by atoms with E-state index >= 15 is 0 Å². The lowest BCUT2D eigenvalue weighted by atomic mass is 9.76. The number of hydrogen-bond acceptors (Lipinski definition) is 6. The van der Waals surface area contributed by atoms with Gasteiger partial charge >= 0.3 is 0 Å². The Morgan fingerprint density at radius 2 is 1.70 bits per heavy atom. The Morgan fingerprint density at radius 3 is 2.21 bits per heavy atom. The van der Waals surface area contributed by atoms with Gasteiger partial charge in [0, 0.05) is 29.1 Å². The molecule has 0 bridgehead atoms. The number of carbonyl (C=O) groups excluding carboxylic acids is 1. The van der Waals surface area contributed by atoms with Crippen molar-refractivity contribution in [2.45, 2.75) is 24.7 Å². The van der Waals surface area contributed by atoms with Crippen molar-refractivity contribution in [3.05, 3.63) is 52.5 Å². The maximum atomic E-state index is 13.4. The fraction of sp³-hybridized carbons (Fsp3) is 0.435. The number of methoxy groups -OCH3 is 3. The quantitative estimate of drug-likeness (QED) is 0.525. The van der Waals surface area contributed by atoms with Gasteiger partial charge in [0.2, 0.25) is 5.75 Å². The number of rotatable bonds is 9. The van der Waals surface area contributed by atoms with Crippen molar-refractivity contribution in [1.82, 2.24) is 4.90 Å². The first-order valence-electron chi connectivity index (χ1n) is 10.4. The van der Waals surface area contributed by atoms with Gasteiger partial charge in [-0.25, -0.2) is 0 Å². The Bertz CT molecular complexity index is 1080. The number of carbonyl (C=O) groups is 1. The first kappa shape index (κ1) is 25.1. The van der Waals surface area contributed by atoms with Gasteiger partial charge in [-0.05, 0) is 49.1 Å². The monoisotopic (exact) mass is 497 g/mol. The summed E-state index contributed by atoms with van der Waals surface area (Å²) >= 11 is 6.06. The number of hydrogen-bond donors (Lipinski definition) is 1. The number of benzene rings is 2. The highest BCUT2D eigenvalue weighted by Gasteiger charge is 2.41. The predicted molar refractivity (Wildman–Crippen MR) is 125 cm³/mol. The Morgan fingerprint density at radius 1 is 1.09 bits per heavy atom. The van der Waals surface area contributed by atoms with Gasteiger partial charge in [-0.15, -0.1) is 0 Å².